The molecular weight excluding hydrogens is 332 g/mol. The van der Waals surface area contributed by atoms with Crippen molar-refractivity contribution in [2.75, 3.05) is 21.3 Å². The Hall–Kier alpha value is -3.02. The third-order valence-corrected chi connectivity index (χ3v) is 4.66. The Bertz CT molecular complexity index is 834. The molecule has 1 N–H and O–H groups in total. The van der Waals surface area contributed by atoms with Gasteiger partial charge in [0.1, 0.15) is 6.04 Å². The van der Waals surface area contributed by atoms with Gasteiger partial charge in [-0.3, -0.25) is 9.59 Å². The zero-order valence-electron chi connectivity index (χ0n) is 15.1. The van der Waals surface area contributed by atoms with E-state index < -0.39 is 6.04 Å². The van der Waals surface area contributed by atoms with Gasteiger partial charge in [0, 0.05) is 19.2 Å². The smallest absolute Gasteiger partial charge is 0.247 e. The highest BCUT2D eigenvalue weighted by Gasteiger charge is 2.34. The average Bonchev–Trinajstić information content (AvgIpc) is 2.66. The quantitative estimate of drug-likeness (QED) is 0.893. The summed E-state index contributed by atoms with van der Waals surface area (Å²) in [4.78, 5) is 26.6. The van der Waals surface area contributed by atoms with Gasteiger partial charge in [0.25, 0.3) is 0 Å². The van der Waals surface area contributed by atoms with Crippen molar-refractivity contribution in [2.24, 2.45) is 0 Å². The van der Waals surface area contributed by atoms with E-state index in [-0.39, 0.29) is 18.4 Å². The molecule has 0 spiro atoms. The van der Waals surface area contributed by atoms with Crippen molar-refractivity contribution >= 4 is 11.8 Å². The Morgan fingerprint density at radius 1 is 1.15 bits per heavy atom. The molecule has 0 saturated carbocycles. The second-order valence-corrected chi connectivity index (χ2v) is 6.15. The molecule has 136 valence electrons. The molecule has 3 rings (SSSR count). The van der Waals surface area contributed by atoms with Crippen LogP contribution in [0.3, 0.4) is 0 Å². The summed E-state index contributed by atoms with van der Waals surface area (Å²) in [6.45, 7) is 0.278. The average molecular weight is 354 g/mol. The van der Waals surface area contributed by atoms with E-state index in [1.54, 1.807) is 27.3 Å². The fourth-order valence-electron chi connectivity index (χ4n) is 3.29. The topological polar surface area (TPSA) is 67.9 Å². The van der Waals surface area contributed by atoms with E-state index in [9.17, 15) is 9.59 Å². The minimum absolute atomic E-state index is 0.0668. The van der Waals surface area contributed by atoms with Crippen molar-refractivity contribution in [3.8, 4) is 11.5 Å². The Kier molecular flexibility index (Phi) is 5.11. The highest BCUT2D eigenvalue weighted by atomic mass is 16.5. The molecule has 1 atom stereocenters. The van der Waals surface area contributed by atoms with E-state index in [4.69, 9.17) is 9.47 Å². The van der Waals surface area contributed by atoms with Crippen LogP contribution >= 0.6 is 0 Å². The largest absolute Gasteiger partial charge is 0.493 e. The number of carbonyl (C=O) groups excluding carboxylic acids is 2. The minimum Gasteiger partial charge on any atom is -0.493 e. The van der Waals surface area contributed by atoms with E-state index in [0.29, 0.717) is 17.9 Å². The van der Waals surface area contributed by atoms with Crippen molar-refractivity contribution in [3.05, 3.63) is 59.2 Å². The molecule has 0 fully saturated rings. The maximum Gasteiger partial charge on any atom is 0.247 e. The molecule has 0 saturated heterocycles. The molecule has 0 bridgehead atoms. The zero-order chi connectivity index (χ0) is 18.7. The van der Waals surface area contributed by atoms with Crippen LogP contribution in [0.1, 0.15) is 22.7 Å². The number of benzene rings is 2. The summed E-state index contributed by atoms with van der Waals surface area (Å²) in [6.07, 6.45) is 0.320. The number of hydrogen-bond donors (Lipinski definition) is 1. The number of hydrogen-bond acceptors (Lipinski definition) is 4. The molecule has 2 aromatic carbocycles. The predicted octanol–water partition coefficient (Wildman–Crippen LogP) is 2.08. The number of rotatable bonds is 5. The van der Waals surface area contributed by atoms with Crippen LogP contribution in [0, 0.1) is 0 Å². The number of amides is 2. The van der Waals surface area contributed by atoms with Crippen LogP contribution in [0.4, 0.5) is 0 Å². The first-order chi connectivity index (χ1) is 12.6. The number of para-hydroxylation sites is 1. The van der Waals surface area contributed by atoms with Crippen molar-refractivity contribution in [1.82, 2.24) is 10.2 Å². The molecule has 0 aliphatic carbocycles. The summed E-state index contributed by atoms with van der Waals surface area (Å²) in [7, 11) is 4.79. The zero-order valence-corrected chi connectivity index (χ0v) is 15.1. The predicted molar refractivity (Wildman–Crippen MR) is 97.0 cm³/mol. The first-order valence-corrected chi connectivity index (χ1v) is 8.37. The van der Waals surface area contributed by atoms with Crippen LogP contribution in [0.2, 0.25) is 0 Å². The number of nitrogens with zero attached hydrogens (tertiary/aromatic N) is 1. The molecule has 1 aliphatic rings. The van der Waals surface area contributed by atoms with Gasteiger partial charge in [-0.25, -0.2) is 0 Å². The second kappa shape index (κ2) is 7.47. The van der Waals surface area contributed by atoms with Gasteiger partial charge in [0.05, 0.1) is 20.6 Å². The van der Waals surface area contributed by atoms with E-state index in [2.05, 4.69) is 5.32 Å². The summed E-state index contributed by atoms with van der Waals surface area (Å²) >= 11 is 0. The van der Waals surface area contributed by atoms with Crippen LogP contribution in [0.25, 0.3) is 0 Å². The molecule has 6 heteroatoms. The van der Waals surface area contributed by atoms with Gasteiger partial charge in [-0.05, 0) is 17.2 Å². The van der Waals surface area contributed by atoms with Gasteiger partial charge >= 0.3 is 0 Å². The fraction of sp³-hybridized carbons (Fsp3) is 0.300. The van der Waals surface area contributed by atoms with Gasteiger partial charge in [-0.15, -0.1) is 0 Å². The number of methoxy groups -OCH3 is 2. The van der Waals surface area contributed by atoms with E-state index in [1.165, 1.54) is 4.90 Å². The van der Waals surface area contributed by atoms with Gasteiger partial charge in [0.2, 0.25) is 11.8 Å². The molecule has 1 aliphatic heterocycles. The lowest BCUT2D eigenvalue weighted by molar-refractivity contribution is -0.140. The Labute approximate surface area is 152 Å². The van der Waals surface area contributed by atoms with E-state index in [0.717, 1.165) is 16.7 Å². The van der Waals surface area contributed by atoms with E-state index in [1.807, 2.05) is 36.4 Å². The van der Waals surface area contributed by atoms with E-state index >= 15 is 0 Å². The maximum atomic E-state index is 12.9. The van der Waals surface area contributed by atoms with Gasteiger partial charge < -0.3 is 19.7 Å². The highest BCUT2D eigenvalue weighted by molar-refractivity contribution is 5.92. The lowest BCUT2D eigenvalue weighted by Crippen LogP contribution is -2.45. The van der Waals surface area contributed by atoms with Crippen LogP contribution in [-0.4, -0.2) is 38.0 Å². The first-order valence-electron chi connectivity index (χ1n) is 8.37. The van der Waals surface area contributed by atoms with Crippen molar-refractivity contribution in [2.45, 2.75) is 19.0 Å². The fourth-order valence-corrected chi connectivity index (χ4v) is 3.29. The molecule has 0 aromatic heterocycles. The highest BCUT2D eigenvalue weighted by Crippen LogP contribution is 2.32. The first kappa shape index (κ1) is 17.8. The Balaban J connectivity index is 1.82. The van der Waals surface area contributed by atoms with Crippen LogP contribution in [0.5, 0.6) is 11.5 Å². The second-order valence-electron chi connectivity index (χ2n) is 6.15. The number of carbonyl (C=O) groups is 2. The standard InChI is InChI=1S/C20H22N2O4/c1-22-17(23)11-13-7-4-5-9-15(13)18(22)20(24)21-12-14-8-6-10-16(25-2)19(14)26-3/h4-10,18H,11-12H2,1-3H3,(H,21,24)/t18-/m1/s1. The third kappa shape index (κ3) is 3.22. The summed E-state index contributed by atoms with van der Waals surface area (Å²) in [5.74, 6) is 0.902. The third-order valence-electron chi connectivity index (χ3n) is 4.66. The minimum atomic E-state index is -0.635. The Morgan fingerprint density at radius 2 is 1.92 bits per heavy atom. The van der Waals surface area contributed by atoms with Crippen molar-refractivity contribution in [1.29, 1.82) is 0 Å². The Morgan fingerprint density at radius 3 is 2.65 bits per heavy atom. The summed E-state index contributed by atoms with van der Waals surface area (Å²) in [5, 5.41) is 2.92. The normalized spacial score (nSPS) is 16.0. The summed E-state index contributed by atoms with van der Waals surface area (Å²) in [5.41, 5.74) is 2.57. The van der Waals surface area contributed by atoms with Crippen LogP contribution < -0.4 is 14.8 Å². The molecule has 1 heterocycles. The molecule has 0 unspecified atom stereocenters. The van der Waals surface area contributed by atoms with Crippen molar-refractivity contribution < 1.29 is 19.1 Å². The maximum absolute atomic E-state index is 12.9. The molecule has 0 radical (unpaired) electrons. The van der Waals surface area contributed by atoms with Crippen LogP contribution in [-0.2, 0) is 22.6 Å². The number of fused-ring (bicyclic) bond motifs is 1. The summed E-state index contributed by atoms with van der Waals surface area (Å²) in [6, 6.07) is 12.4. The van der Waals surface area contributed by atoms with Gasteiger partial charge in [-0.2, -0.15) is 0 Å². The van der Waals surface area contributed by atoms with Gasteiger partial charge in [-0.1, -0.05) is 36.4 Å². The van der Waals surface area contributed by atoms with Gasteiger partial charge in [0.15, 0.2) is 11.5 Å². The molecule has 26 heavy (non-hydrogen) atoms. The number of ether oxygens (including phenoxy) is 2. The van der Waals surface area contributed by atoms with Crippen LogP contribution in [0.15, 0.2) is 42.5 Å². The number of nitrogens with one attached hydrogen (secondary N) is 1. The molecule has 2 amide bonds. The molecule has 6 nitrogen and oxygen atoms in total. The SMILES string of the molecule is COc1cccc(CNC(=O)[C@H]2c3ccccc3CC(=O)N2C)c1OC. The van der Waals surface area contributed by atoms with Crippen molar-refractivity contribution in [3.63, 3.8) is 0 Å². The number of likely N-dealkylation sites (N-methyl/N-ethyl adjacent to an activating group) is 1. The lowest BCUT2D eigenvalue weighted by atomic mass is 9.92. The monoisotopic (exact) mass is 354 g/mol. The molecular formula is C20H22N2O4. The lowest BCUT2D eigenvalue weighted by Gasteiger charge is -2.33. The summed E-state index contributed by atoms with van der Waals surface area (Å²) < 4.78 is 10.7. The molecule has 2 aromatic rings.